The van der Waals surface area contributed by atoms with Crippen LogP contribution in [0.2, 0.25) is 0 Å². The molecule has 3 amide bonds. The Bertz CT molecular complexity index is 760. The van der Waals surface area contributed by atoms with Crippen molar-refractivity contribution in [2.24, 2.45) is 28.1 Å². The van der Waals surface area contributed by atoms with Gasteiger partial charge in [-0.3, -0.25) is 19.4 Å². The average Bonchev–Trinajstić information content (AvgIpc) is 3.27. The lowest BCUT2D eigenvalue weighted by atomic mass is 10.0. The van der Waals surface area contributed by atoms with Gasteiger partial charge < -0.3 is 37.8 Å². The normalized spacial score (nSPS) is 18.0. The molecule has 1 fully saturated rings. The van der Waals surface area contributed by atoms with Crippen LogP contribution in [0.5, 0.6) is 0 Å². The molecule has 4 unspecified atom stereocenters. The number of aliphatic carboxylic acids is 1. The molecule has 1 rings (SSSR count). The minimum absolute atomic E-state index is 0.0886. The summed E-state index contributed by atoms with van der Waals surface area (Å²) in [5.41, 5.74) is 16.5. The Hall–Kier alpha value is -2.54. The van der Waals surface area contributed by atoms with Gasteiger partial charge in [-0.1, -0.05) is 13.8 Å². The predicted octanol–water partition coefficient (Wildman–Crippen LogP) is -0.788. The zero-order chi connectivity index (χ0) is 26.5. The van der Waals surface area contributed by atoms with Crippen LogP contribution < -0.4 is 27.8 Å². The molecule has 1 aliphatic rings. The van der Waals surface area contributed by atoms with E-state index in [0.717, 1.165) is 0 Å². The Kier molecular flexibility index (Phi) is 13.5. The molecular formula is C22H41N7O5S. The van der Waals surface area contributed by atoms with Gasteiger partial charge in [0.05, 0.1) is 6.04 Å². The van der Waals surface area contributed by atoms with Crippen LogP contribution in [0.4, 0.5) is 0 Å². The molecule has 0 aromatic heterocycles. The van der Waals surface area contributed by atoms with Crippen molar-refractivity contribution in [3.8, 4) is 0 Å². The number of nitrogens with zero attached hydrogens (tertiary/aromatic N) is 2. The quantitative estimate of drug-likeness (QED) is 0.0916. The molecule has 0 aromatic rings. The number of hydrogen-bond donors (Lipinski definition) is 6. The SMILES string of the molecule is CSCCC(NC(=O)C(N)CC(C)C)C(=O)N1CCCC1C(=O)NC(CCCN=C(N)N)C(=O)O. The van der Waals surface area contributed by atoms with E-state index in [1.165, 1.54) is 4.90 Å². The zero-order valence-electron chi connectivity index (χ0n) is 20.9. The third-order valence-corrected chi connectivity index (χ3v) is 6.33. The fourth-order valence-corrected chi connectivity index (χ4v) is 4.39. The molecule has 200 valence electrons. The van der Waals surface area contributed by atoms with Gasteiger partial charge in [-0.05, 0) is 56.5 Å². The van der Waals surface area contributed by atoms with E-state index in [4.69, 9.17) is 17.2 Å². The molecule has 0 aromatic carbocycles. The molecule has 0 aliphatic carbocycles. The van der Waals surface area contributed by atoms with E-state index in [0.29, 0.717) is 44.4 Å². The van der Waals surface area contributed by atoms with Crippen molar-refractivity contribution in [2.45, 2.75) is 76.5 Å². The molecule has 4 atom stereocenters. The van der Waals surface area contributed by atoms with Crippen LogP contribution in [0.3, 0.4) is 0 Å². The minimum Gasteiger partial charge on any atom is -0.480 e. The summed E-state index contributed by atoms with van der Waals surface area (Å²) in [5, 5.41) is 14.8. The smallest absolute Gasteiger partial charge is 0.326 e. The molecule has 1 heterocycles. The van der Waals surface area contributed by atoms with E-state index < -0.39 is 42.0 Å². The second-order valence-electron chi connectivity index (χ2n) is 9.12. The predicted molar refractivity (Wildman–Crippen MR) is 137 cm³/mol. The Morgan fingerprint density at radius 2 is 1.83 bits per heavy atom. The van der Waals surface area contributed by atoms with Gasteiger partial charge in [-0.25, -0.2) is 4.79 Å². The van der Waals surface area contributed by atoms with Crippen LogP contribution >= 0.6 is 11.8 Å². The molecule has 1 saturated heterocycles. The maximum Gasteiger partial charge on any atom is 0.326 e. The Morgan fingerprint density at radius 1 is 1.14 bits per heavy atom. The van der Waals surface area contributed by atoms with Gasteiger partial charge in [-0.15, -0.1) is 0 Å². The summed E-state index contributed by atoms with van der Waals surface area (Å²) in [6, 6.07) is -3.47. The summed E-state index contributed by atoms with van der Waals surface area (Å²) >= 11 is 1.54. The number of carboxylic acids is 1. The first-order valence-corrected chi connectivity index (χ1v) is 13.3. The lowest BCUT2D eigenvalue weighted by Crippen LogP contribution is -2.57. The monoisotopic (exact) mass is 515 g/mol. The first-order chi connectivity index (χ1) is 16.5. The number of hydrogen-bond acceptors (Lipinski definition) is 7. The number of nitrogens with one attached hydrogen (secondary N) is 2. The number of amides is 3. The molecule has 0 bridgehead atoms. The summed E-state index contributed by atoms with van der Waals surface area (Å²) in [6.07, 6.45) is 4.30. The third-order valence-electron chi connectivity index (χ3n) is 5.69. The highest BCUT2D eigenvalue weighted by molar-refractivity contribution is 7.98. The van der Waals surface area contributed by atoms with Gasteiger partial charge in [0, 0.05) is 13.1 Å². The van der Waals surface area contributed by atoms with E-state index in [1.54, 1.807) is 11.8 Å². The van der Waals surface area contributed by atoms with Crippen molar-refractivity contribution in [1.29, 1.82) is 0 Å². The van der Waals surface area contributed by atoms with Gasteiger partial charge in [0.25, 0.3) is 0 Å². The number of carboxylic acid groups (broad SMARTS) is 1. The summed E-state index contributed by atoms with van der Waals surface area (Å²) in [7, 11) is 0. The molecule has 12 nitrogen and oxygen atoms in total. The van der Waals surface area contributed by atoms with Gasteiger partial charge in [0.15, 0.2) is 5.96 Å². The van der Waals surface area contributed by atoms with Crippen molar-refractivity contribution in [2.75, 3.05) is 25.1 Å². The van der Waals surface area contributed by atoms with E-state index in [-0.39, 0.29) is 30.8 Å². The first kappa shape index (κ1) is 30.5. The molecule has 9 N–H and O–H groups in total. The van der Waals surface area contributed by atoms with Crippen molar-refractivity contribution in [1.82, 2.24) is 15.5 Å². The fourth-order valence-electron chi connectivity index (χ4n) is 3.92. The van der Waals surface area contributed by atoms with Crippen LogP contribution in [0.1, 0.15) is 52.4 Å². The number of rotatable bonds is 15. The molecule has 0 saturated carbocycles. The molecular weight excluding hydrogens is 474 g/mol. The zero-order valence-corrected chi connectivity index (χ0v) is 21.7. The lowest BCUT2D eigenvalue weighted by Gasteiger charge is -2.30. The highest BCUT2D eigenvalue weighted by atomic mass is 32.2. The molecule has 13 heteroatoms. The van der Waals surface area contributed by atoms with Crippen molar-refractivity contribution < 1.29 is 24.3 Å². The summed E-state index contributed by atoms with van der Waals surface area (Å²) < 4.78 is 0. The number of likely N-dealkylation sites (tertiary alicyclic amines) is 1. The van der Waals surface area contributed by atoms with Crippen LogP contribution in [0, 0.1) is 5.92 Å². The van der Waals surface area contributed by atoms with E-state index in [1.807, 2.05) is 20.1 Å². The standard InChI is InChI=1S/C22H41N7O5S/c1-13(2)12-14(23)18(30)27-15(8-11-35-3)20(32)29-10-5-7-17(29)19(31)28-16(21(33)34)6-4-9-26-22(24)25/h13-17H,4-12,23H2,1-3H3,(H,27,30)(H,28,31)(H,33,34)(H4,24,25,26). The number of nitrogens with two attached hydrogens (primary N) is 3. The second-order valence-corrected chi connectivity index (χ2v) is 10.1. The number of thioether (sulfide) groups is 1. The van der Waals surface area contributed by atoms with Gasteiger partial charge in [0.1, 0.15) is 18.1 Å². The number of guanidine groups is 1. The number of carbonyl (C=O) groups excluding carboxylic acids is 3. The largest absolute Gasteiger partial charge is 0.480 e. The fraction of sp³-hybridized carbons (Fsp3) is 0.773. The van der Waals surface area contributed by atoms with E-state index >= 15 is 0 Å². The van der Waals surface area contributed by atoms with Crippen LogP contribution in [-0.2, 0) is 19.2 Å². The topological polar surface area (TPSA) is 206 Å². The highest BCUT2D eigenvalue weighted by Crippen LogP contribution is 2.20. The summed E-state index contributed by atoms with van der Waals surface area (Å²) in [4.78, 5) is 55.8. The highest BCUT2D eigenvalue weighted by Gasteiger charge is 2.39. The molecule has 35 heavy (non-hydrogen) atoms. The van der Waals surface area contributed by atoms with Crippen molar-refractivity contribution in [3.05, 3.63) is 0 Å². The molecule has 0 spiro atoms. The Balaban J connectivity index is 2.87. The van der Waals surface area contributed by atoms with Crippen LogP contribution in [-0.4, -0.2) is 88.9 Å². The summed E-state index contributed by atoms with van der Waals surface area (Å²) in [6.45, 7) is 4.51. The van der Waals surface area contributed by atoms with E-state index in [2.05, 4.69) is 15.6 Å². The molecule has 0 radical (unpaired) electrons. The van der Waals surface area contributed by atoms with Crippen molar-refractivity contribution in [3.63, 3.8) is 0 Å². The maximum absolute atomic E-state index is 13.4. The van der Waals surface area contributed by atoms with Gasteiger partial charge in [0.2, 0.25) is 17.7 Å². The minimum atomic E-state index is -1.18. The summed E-state index contributed by atoms with van der Waals surface area (Å²) in [5.74, 6) is -1.69. The first-order valence-electron chi connectivity index (χ1n) is 11.9. The lowest BCUT2D eigenvalue weighted by molar-refractivity contribution is -0.145. The Labute approximate surface area is 211 Å². The maximum atomic E-state index is 13.4. The second kappa shape index (κ2) is 15.5. The Morgan fingerprint density at radius 3 is 2.40 bits per heavy atom. The van der Waals surface area contributed by atoms with Crippen LogP contribution in [0.25, 0.3) is 0 Å². The van der Waals surface area contributed by atoms with Crippen LogP contribution in [0.15, 0.2) is 4.99 Å². The number of aliphatic imine (C=N–C) groups is 1. The van der Waals surface area contributed by atoms with Gasteiger partial charge in [-0.2, -0.15) is 11.8 Å². The van der Waals surface area contributed by atoms with Gasteiger partial charge >= 0.3 is 5.97 Å². The third kappa shape index (κ3) is 10.7. The molecule has 1 aliphatic heterocycles. The average molecular weight is 516 g/mol. The van der Waals surface area contributed by atoms with Crippen molar-refractivity contribution >= 4 is 41.4 Å². The van der Waals surface area contributed by atoms with E-state index in [9.17, 15) is 24.3 Å². The number of carbonyl (C=O) groups is 4.